The number of methoxy groups -OCH3 is 1. The van der Waals surface area contributed by atoms with E-state index in [-0.39, 0.29) is 12.1 Å². The van der Waals surface area contributed by atoms with Crippen molar-refractivity contribution < 1.29 is 9.47 Å². The maximum atomic E-state index is 5.55. The van der Waals surface area contributed by atoms with E-state index in [0.29, 0.717) is 6.61 Å². The summed E-state index contributed by atoms with van der Waals surface area (Å²) in [5.74, 6) is 2.53. The third-order valence-corrected chi connectivity index (χ3v) is 4.72. The molecule has 0 fully saturated rings. The summed E-state index contributed by atoms with van der Waals surface area (Å²) in [4.78, 5) is 4.38. The molecule has 2 heterocycles. The molecule has 3 aromatic rings. The van der Waals surface area contributed by atoms with Crippen LogP contribution in [0.1, 0.15) is 36.6 Å². The lowest BCUT2D eigenvalue weighted by atomic mass is 9.93. The number of nitrogens with one attached hydrogen (secondary N) is 1. The average molecular weight is 350 g/mol. The summed E-state index contributed by atoms with van der Waals surface area (Å²) in [5, 5.41) is 7.91. The lowest BCUT2D eigenvalue weighted by molar-refractivity contribution is 0.340. The number of fused-ring (bicyclic) bond motifs is 1. The van der Waals surface area contributed by atoms with Crippen molar-refractivity contribution in [2.24, 2.45) is 0 Å². The third kappa shape index (κ3) is 3.10. The van der Waals surface area contributed by atoms with Crippen LogP contribution in [0.2, 0.25) is 0 Å². The van der Waals surface area contributed by atoms with Crippen LogP contribution in [0.4, 0.5) is 5.95 Å². The van der Waals surface area contributed by atoms with Gasteiger partial charge in [-0.2, -0.15) is 10.1 Å². The van der Waals surface area contributed by atoms with Gasteiger partial charge in [0.2, 0.25) is 5.95 Å². The second kappa shape index (κ2) is 7.07. The number of aromatic nitrogens is 3. The molecule has 6 heteroatoms. The zero-order valence-corrected chi connectivity index (χ0v) is 14.9. The summed E-state index contributed by atoms with van der Waals surface area (Å²) in [5.41, 5.74) is 2.40. The van der Waals surface area contributed by atoms with Gasteiger partial charge in [0.1, 0.15) is 17.8 Å². The van der Waals surface area contributed by atoms with Crippen molar-refractivity contribution in [3.63, 3.8) is 0 Å². The van der Waals surface area contributed by atoms with Crippen molar-refractivity contribution in [3.05, 3.63) is 66.0 Å². The van der Waals surface area contributed by atoms with E-state index < -0.39 is 0 Å². The normalized spacial score (nSPS) is 18.7. The number of hydrogen-bond donors (Lipinski definition) is 1. The number of nitrogens with zero attached hydrogens (tertiary/aromatic N) is 3. The highest BCUT2D eigenvalue weighted by Crippen LogP contribution is 2.38. The Bertz CT molecular complexity index is 858. The van der Waals surface area contributed by atoms with Gasteiger partial charge in [0, 0.05) is 0 Å². The molecule has 1 aliphatic heterocycles. The van der Waals surface area contributed by atoms with Crippen LogP contribution < -0.4 is 14.8 Å². The minimum atomic E-state index is 0.122. The Morgan fingerprint density at radius 1 is 1.04 bits per heavy atom. The van der Waals surface area contributed by atoms with Gasteiger partial charge in [-0.05, 0) is 48.7 Å². The van der Waals surface area contributed by atoms with Crippen LogP contribution in [0, 0.1) is 0 Å². The highest BCUT2D eigenvalue weighted by atomic mass is 16.5. The van der Waals surface area contributed by atoms with Crippen LogP contribution in [0.3, 0.4) is 0 Å². The Balaban J connectivity index is 1.63. The summed E-state index contributed by atoms with van der Waals surface area (Å²) in [6, 6.07) is 16.7. The van der Waals surface area contributed by atoms with Crippen molar-refractivity contribution in [3.8, 4) is 11.5 Å². The Hall–Kier alpha value is -3.02. The molecule has 1 N–H and O–H groups in total. The first-order valence-corrected chi connectivity index (χ1v) is 8.81. The molecule has 1 aliphatic rings. The van der Waals surface area contributed by atoms with Crippen LogP contribution in [-0.2, 0) is 0 Å². The molecule has 0 spiro atoms. The molecular weight excluding hydrogens is 328 g/mol. The molecule has 0 radical (unpaired) electrons. The van der Waals surface area contributed by atoms with Gasteiger partial charge in [-0.3, -0.25) is 0 Å². The van der Waals surface area contributed by atoms with Crippen molar-refractivity contribution in [2.45, 2.75) is 25.4 Å². The van der Waals surface area contributed by atoms with Gasteiger partial charge in [-0.15, -0.1) is 0 Å². The van der Waals surface area contributed by atoms with Gasteiger partial charge in [0.15, 0.2) is 0 Å². The van der Waals surface area contributed by atoms with Crippen LogP contribution in [-0.4, -0.2) is 28.5 Å². The highest BCUT2D eigenvalue weighted by Gasteiger charge is 2.29. The lowest BCUT2D eigenvalue weighted by Crippen LogP contribution is -2.28. The van der Waals surface area contributed by atoms with E-state index >= 15 is 0 Å². The van der Waals surface area contributed by atoms with Crippen molar-refractivity contribution in [1.82, 2.24) is 14.8 Å². The van der Waals surface area contributed by atoms with Crippen LogP contribution in [0.15, 0.2) is 54.9 Å². The molecule has 0 aliphatic carbocycles. The molecule has 6 nitrogen and oxygen atoms in total. The van der Waals surface area contributed by atoms with Crippen molar-refractivity contribution >= 4 is 5.95 Å². The predicted octanol–water partition coefficient (Wildman–Crippen LogP) is 3.83. The fourth-order valence-corrected chi connectivity index (χ4v) is 3.41. The topological polar surface area (TPSA) is 61.2 Å². The Labute approximate surface area is 152 Å². The summed E-state index contributed by atoms with van der Waals surface area (Å²) in [6.07, 6.45) is 2.48. The molecular formula is C20H22N4O2. The van der Waals surface area contributed by atoms with Gasteiger partial charge in [-0.25, -0.2) is 4.68 Å². The van der Waals surface area contributed by atoms with E-state index in [0.717, 1.165) is 23.9 Å². The van der Waals surface area contributed by atoms with E-state index in [1.807, 2.05) is 35.9 Å². The Kier molecular flexibility index (Phi) is 4.48. The number of anilines is 1. The number of ether oxygens (including phenoxy) is 2. The van der Waals surface area contributed by atoms with Gasteiger partial charge < -0.3 is 14.8 Å². The predicted molar refractivity (Wildman–Crippen MR) is 99.7 cm³/mol. The first-order chi connectivity index (χ1) is 12.8. The van der Waals surface area contributed by atoms with Gasteiger partial charge in [-0.1, -0.05) is 24.3 Å². The first kappa shape index (κ1) is 16.4. The third-order valence-electron chi connectivity index (χ3n) is 4.72. The standard InChI is InChI=1S/C20H22N4O2/c1-3-26-17-10-4-14(5-11-17)18-12-19(24-20(23-18)21-13-22-24)15-6-8-16(25-2)9-7-15/h4-11,13,18-19H,3,12H2,1-2H3,(H,21,22,23)/t18-,19+/m1/s1. The second-order valence-corrected chi connectivity index (χ2v) is 6.25. The molecule has 0 bridgehead atoms. The minimum Gasteiger partial charge on any atom is -0.497 e. The van der Waals surface area contributed by atoms with Crippen LogP contribution >= 0.6 is 0 Å². The maximum absolute atomic E-state index is 5.55. The molecule has 1 aromatic heterocycles. The number of benzene rings is 2. The molecule has 2 aromatic carbocycles. The first-order valence-electron chi connectivity index (χ1n) is 8.81. The summed E-state index contributed by atoms with van der Waals surface area (Å²) < 4.78 is 12.8. The van der Waals surface area contributed by atoms with E-state index in [4.69, 9.17) is 9.47 Å². The van der Waals surface area contributed by atoms with Gasteiger partial charge in [0.25, 0.3) is 0 Å². The molecule has 0 unspecified atom stereocenters. The largest absolute Gasteiger partial charge is 0.497 e. The summed E-state index contributed by atoms with van der Waals surface area (Å²) in [6.45, 7) is 2.66. The molecule has 0 amide bonds. The quantitative estimate of drug-likeness (QED) is 0.758. The van der Waals surface area contributed by atoms with E-state index in [1.165, 1.54) is 11.1 Å². The lowest BCUT2D eigenvalue weighted by Gasteiger charge is -2.32. The SMILES string of the molecule is CCOc1ccc([C@H]2C[C@@H](c3ccc(OC)cc3)n3ncnc3N2)cc1. The number of rotatable bonds is 5. The molecule has 4 rings (SSSR count). The molecule has 26 heavy (non-hydrogen) atoms. The van der Waals surface area contributed by atoms with Crippen molar-refractivity contribution in [1.29, 1.82) is 0 Å². The van der Waals surface area contributed by atoms with Gasteiger partial charge >= 0.3 is 0 Å². The second-order valence-electron chi connectivity index (χ2n) is 6.25. The van der Waals surface area contributed by atoms with Gasteiger partial charge in [0.05, 0.1) is 25.8 Å². The smallest absolute Gasteiger partial charge is 0.222 e. The fourth-order valence-electron chi connectivity index (χ4n) is 3.41. The monoisotopic (exact) mass is 350 g/mol. The van der Waals surface area contributed by atoms with Crippen molar-refractivity contribution in [2.75, 3.05) is 19.0 Å². The minimum absolute atomic E-state index is 0.122. The molecule has 0 saturated heterocycles. The zero-order chi connectivity index (χ0) is 17.9. The molecule has 0 saturated carbocycles. The summed E-state index contributed by atoms with van der Waals surface area (Å²) >= 11 is 0. The van der Waals surface area contributed by atoms with E-state index in [9.17, 15) is 0 Å². The summed E-state index contributed by atoms with van der Waals surface area (Å²) in [7, 11) is 1.68. The Morgan fingerprint density at radius 2 is 1.73 bits per heavy atom. The number of hydrogen-bond acceptors (Lipinski definition) is 5. The van der Waals surface area contributed by atoms with Crippen LogP contribution in [0.25, 0.3) is 0 Å². The average Bonchev–Trinajstić information content (AvgIpc) is 3.17. The van der Waals surface area contributed by atoms with E-state index in [1.54, 1.807) is 13.4 Å². The Morgan fingerprint density at radius 3 is 2.42 bits per heavy atom. The molecule has 2 atom stereocenters. The highest BCUT2D eigenvalue weighted by molar-refractivity contribution is 5.40. The maximum Gasteiger partial charge on any atom is 0.222 e. The zero-order valence-electron chi connectivity index (χ0n) is 14.9. The van der Waals surface area contributed by atoms with E-state index in [2.05, 4.69) is 39.7 Å². The molecule has 134 valence electrons. The fraction of sp³-hybridized carbons (Fsp3) is 0.300. The van der Waals surface area contributed by atoms with Crippen LogP contribution in [0.5, 0.6) is 11.5 Å².